The van der Waals surface area contributed by atoms with Gasteiger partial charge in [-0.25, -0.2) is 12.7 Å². The van der Waals surface area contributed by atoms with Gasteiger partial charge in [0, 0.05) is 46.5 Å². The molecular formula is C19H31N3O3S. The summed E-state index contributed by atoms with van der Waals surface area (Å²) >= 11 is 0. The zero-order valence-electron chi connectivity index (χ0n) is 16.4. The van der Waals surface area contributed by atoms with Crippen LogP contribution in [0.4, 0.5) is 5.69 Å². The van der Waals surface area contributed by atoms with Gasteiger partial charge in [-0.15, -0.1) is 0 Å². The lowest BCUT2D eigenvalue weighted by atomic mass is 10.1. The molecule has 1 aliphatic heterocycles. The second-order valence-corrected chi connectivity index (χ2v) is 9.25. The predicted molar refractivity (Wildman–Crippen MR) is 105 cm³/mol. The Labute approximate surface area is 157 Å². The van der Waals surface area contributed by atoms with E-state index >= 15 is 0 Å². The molecule has 26 heavy (non-hydrogen) atoms. The first kappa shape index (κ1) is 20.7. The molecule has 7 heteroatoms. The molecule has 0 N–H and O–H groups in total. The summed E-state index contributed by atoms with van der Waals surface area (Å²) in [6.07, 6.45) is 5.32. The number of rotatable bonds is 7. The van der Waals surface area contributed by atoms with Gasteiger partial charge >= 0.3 is 0 Å². The standard InChI is InChI=1S/C19H31N3O3S/c1-5-6-12-21(4)19(23)17-15-16(26(24,25)20(2)3)10-11-18(17)22-13-8-7-9-14-22/h10-11,15H,5-9,12-14H2,1-4H3. The Bertz CT molecular complexity index is 726. The third kappa shape index (κ3) is 4.57. The first-order valence-electron chi connectivity index (χ1n) is 9.36. The maximum atomic E-state index is 13.1. The highest BCUT2D eigenvalue weighted by atomic mass is 32.2. The van der Waals surface area contributed by atoms with Gasteiger partial charge in [0.2, 0.25) is 10.0 Å². The highest BCUT2D eigenvalue weighted by Gasteiger charge is 2.25. The number of carbonyl (C=O) groups is 1. The van der Waals surface area contributed by atoms with Gasteiger partial charge in [-0.3, -0.25) is 4.79 Å². The highest BCUT2D eigenvalue weighted by Crippen LogP contribution is 2.28. The van der Waals surface area contributed by atoms with Crippen molar-refractivity contribution in [3.63, 3.8) is 0 Å². The van der Waals surface area contributed by atoms with Crippen molar-refractivity contribution in [1.82, 2.24) is 9.21 Å². The van der Waals surface area contributed by atoms with Crippen LogP contribution in [0.15, 0.2) is 23.1 Å². The molecule has 1 heterocycles. The van der Waals surface area contributed by atoms with Crippen LogP contribution in [0.3, 0.4) is 0 Å². The second-order valence-electron chi connectivity index (χ2n) is 7.09. The van der Waals surface area contributed by atoms with Crippen molar-refractivity contribution in [1.29, 1.82) is 0 Å². The largest absolute Gasteiger partial charge is 0.371 e. The third-order valence-electron chi connectivity index (χ3n) is 4.87. The van der Waals surface area contributed by atoms with Crippen LogP contribution >= 0.6 is 0 Å². The molecule has 0 bridgehead atoms. The fourth-order valence-corrected chi connectivity index (χ4v) is 4.10. The SMILES string of the molecule is CCCCN(C)C(=O)c1cc(S(=O)(=O)N(C)C)ccc1N1CCCCC1. The fourth-order valence-electron chi connectivity index (χ4n) is 3.17. The van der Waals surface area contributed by atoms with Crippen molar-refractivity contribution in [3.8, 4) is 0 Å². The van der Waals surface area contributed by atoms with Crippen molar-refractivity contribution in [3.05, 3.63) is 23.8 Å². The maximum absolute atomic E-state index is 13.1. The molecule has 1 aromatic rings. The second kappa shape index (κ2) is 8.86. The highest BCUT2D eigenvalue weighted by molar-refractivity contribution is 7.89. The quantitative estimate of drug-likeness (QED) is 0.729. The van der Waals surface area contributed by atoms with Crippen LogP contribution in [-0.2, 0) is 10.0 Å². The van der Waals surface area contributed by atoms with Crippen molar-refractivity contribution in [2.45, 2.75) is 43.9 Å². The Balaban J connectivity index is 2.46. The number of hydrogen-bond donors (Lipinski definition) is 0. The van der Waals surface area contributed by atoms with Crippen molar-refractivity contribution < 1.29 is 13.2 Å². The number of anilines is 1. The molecule has 6 nitrogen and oxygen atoms in total. The summed E-state index contributed by atoms with van der Waals surface area (Å²) < 4.78 is 26.2. The molecular weight excluding hydrogens is 350 g/mol. The first-order valence-corrected chi connectivity index (χ1v) is 10.8. The van der Waals surface area contributed by atoms with Crippen molar-refractivity contribution in [2.24, 2.45) is 0 Å². The van der Waals surface area contributed by atoms with Gasteiger partial charge in [0.05, 0.1) is 10.5 Å². The van der Waals surface area contributed by atoms with Gasteiger partial charge in [-0.05, 0) is 43.9 Å². The van der Waals surface area contributed by atoms with Gasteiger partial charge < -0.3 is 9.80 Å². The summed E-state index contributed by atoms with van der Waals surface area (Å²) in [4.78, 5) is 17.1. The number of amides is 1. The lowest BCUT2D eigenvalue weighted by Gasteiger charge is -2.31. The molecule has 1 fully saturated rings. The average Bonchev–Trinajstić information content (AvgIpc) is 2.65. The molecule has 146 valence electrons. The molecule has 0 aromatic heterocycles. The Morgan fingerprint density at radius 3 is 2.35 bits per heavy atom. The third-order valence-corrected chi connectivity index (χ3v) is 6.68. The van der Waals surface area contributed by atoms with E-state index in [4.69, 9.17) is 0 Å². The molecule has 1 aromatic carbocycles. The molecule has 0 atom stereocenters. The van der Waals surface area contributed by atoms with Crippen LogP contribution in [0.1, 0.15) is 49.4 Å². The number of nitrogens with zero attached hydrogens (tertiary/aromatic N) is 3. The van der Waals surface area contributed by atoms with Gasteiger partial charge in [0.1, 0.15) is 0 Å². The van der Waals surface area contributed by atoms with Crippen molar-refractivity contribution in [2.75, 3.05) is 45.7 Å². The molecule has 1 aliphatic rings. The minimum atomic E-state index is -3.58. The Morgan fingerprint density at radius 2 is 1.77 bits per heavy atom. The van der Waals surface area contributed by atoms with Crippen LogP contribution in [0.2, 0.25) is 0 Å². The summed E-state index contributed by atoms with van der Waals surface area (Å²) in [5, 5.41) is 0. The number of benzene rings is 1. The Kier molecular flexibility index (Phi) is 7.06. The molecule has 0 saturated carbocycles. The lowest BCUT2D eigenvalue weighted by Crippen LogP contribution is -2.34. The summed E-state index contributed by atoms with van der Waals surface area (Å²) in [5.74, 6) is -0.116. The summed E-state index contributed by atoms with van der Waals surface area (Å²) in [6.45, 7) is 4.55. The van der Waals surface area contributed by atoms with Crippen molar-refractivity contribution >= 4 is 21.6 Å². The van der Waals surface area contributed by atoms with E-state index < -0.39 is 10.0 Å². The van der Waals surface area contributed by atoms with E-state index in [0.717, 1.165) is 44.5 Å². The van der Waals surface area contributed by atoms with E-state index in [1.807, 2.05) is 0 Å². The number of sulfonamides is 1. The minimum Gasteiger partial charge on any atom is -0.371 e. The van der Waals surface area contributed by atoms with Crippen LogP contribution < -0.4 is 4.90 Å². The maximum Gasteiger partial charge on any atom is 0.255 e. The topological polar surface area (TPSA) is 60.9 Å². The van der Waals surface area contributed by atoms with Gasteiger partial charge in [-0.2, -0.15) is 0 Å². The molecule has 1 saturated heterocycles. The zero-order chi connectivity index (χ0) is 19.3. The number of hydrogen-bond acceptors (Lipinski definition) is 4. The minimum absolute atomic E-state index is 0.116. The number of carbonyl (C=O) groups excluding carboxylic acids is 1. The molecule has 1 amide bonds. The fraction of sp³-hybridized carbons (Fsp3) is 0.632. The monoisotopic (exact) mass is 381 g/mol. The molecule has 0 radical (unpaired) electrons. The zero-order valence-corrected chi connectivity index (χ0v) is 17.2. The van der Waals surface area contributed by atoms with E-state index in [9.17, 15) is 13.2 Å². The number of piperidine rings is 1. The van der Waals surface area contributed by atoms with Crippen LogP contribution in [0, 0.1) is 0 Å². The van der Waals surface area contributed by atoms with Crippen LogP contribution in [0.5, 0.6) is 0 Å². The lowest BCUT2D eigenvalue weighted by molar-refractivity contribution is 0.0793. The van der Waals surface area contributed by atoms with E-state index in [2.05, 4.69) is 11.8 Å². The van der Waals surface area contributed by atoms with E-state index in [1.54, 1.807) is 30.1 Å². The first-order chi connectivity index (χ1) is 12.3. The average molecular weight is 382 g/mol. The number of unbranched alkanes of at least 4 members (excludes halogenated alkanes) is 1. The van der Waals surface area contributed by atoms with Crippen LogP contribution in [-0.4, -0.2) is 64.3 Å². The summed E-state index contributed by atoms with van der Waals surface area (Å²) in [5.41, 5.74) is 1.32. The Morgan fingerprint density at radius 1 is 1.12 bits per heavy atom. The molecule has 0 spiro atoms. The van der Waals surface area contributed by atoms with Gasteiger partial charge in [0.25, 0.3) is 5.91 Å². The van der Waals surface area contributed by atoms with Gasteiger partial charge in [0.15, 0.2) is 0 Å². The van der Waals surface area contributed by atoms with Crippen LogP contribution in [0.25, 0.3) is 0 Å². The predicted octanol–water partition coefficient (Wildman–Crippen LogP) is 2.80. The smallest absolute Gasteiger partial charge is 0.255 e. The van der Waals surface area contributed by atoms with E-state index in [-0.39, 0.29) is 10.8 Å². The summed E-state index contributed by atoms with van der Waals surface area (Å²) in [7, 11) is 1.21. The van der Waals surface area contributed by atoms with E-state index in [1.165, 1.54) is 24.8 Å². The van der Waals surface area contributed by atoms with Gasteiger partial charge in [-0.1, -0.05) is 13.3 Å². The van der Waals surface area contributed by atoms with E-state index in [0.29, 0.717) is 12.1 Å². The summed E-state index contributed by atoms with van der Waals surface area (Å²) in [6, 6.07) is 4.95. The Hall–Kier alpha value is -1.60. The normalized spacial score (nSPS) is 15.3. The molecule has 0 unspecified atom stereocenters. The molecule has 2 rings (SSSR count). The molecule has 0 aliphatic carbocycles.